The highest BCUT2D eigenvalue weighted by Gasteiger charge is 2.31. The molecule has 364 valence electrons. The summed E-state index contributed by atoms with van der Waals surface area (Å²) in [4.78, 5) is 108. The Morgan fingerprint density at radius 2 is 1.18 bits per heavy atom. The Hall–Kier alpha value is -6.93. The van der Waals surface area contributed by atoms with Crippen molar-refractivity contribution in [3.05, 3.63) is 65.7 Å². The maximum Gasteiger partial charge on any atom is 0.514 e. The number of hydrogen-bond donors (Lipinski definition) is 9. The first kappa shape index (κ1) is 55.2. The predicted octanol–water partition coefficient (Wildman–Crippen LogP) is 1.94. The van der Waals surface area contributed by atoms with Gasteiger partial charge >= 0.3 is 18.2 Å². The number of hydrogen-bond acceptors (Lipinski definition) is 12. The van der Waals surface area contributed by atoms with Gasteiger partial charge in [-0.05, 0) is 96.9 Å². The van der Waals surface area contributed by atoms with Crippen LogP contribution in [0.2, 0.25) is 0 Å². The average molecular weight is 926 g/mol. The average Bonchev–Trinajstić information content (AvgIpc) is 3.19. The van der Waals surface area contributed by atoms with Crippen molar-refractivity contribution in [3.8, 4) is 5.75 Å². The summed E-state index contributed by atoms with van der Waals surface area (Å²) in [6, 6.07) is 8.63. The molecule has 21 heteroatoms. The topological polar surface area (TPSA) is 321 Å². The quantitative estimate of drug-likeness (QED) is 0.0253. The first-order valence-corrected chi connectivity index (χ1v) is 21.5. The number of alkyl carbamates (subject to hydrolysis) is 1. The number of guanidine groups is 1. The molecule has 0 bridgehead atoms. The van der Waals surface area contributed by atoms with Gasteiger partial charge in [0.25, 0.3) is 0 Å². The van der Waals surface area contributed by atoms with Gasteiger partial charge in [-0.15, -0.1) is 0 Å². The standard InChI is InChI=1S/C45H67N9O12/c1-26(2)22-32(38(58)52-31(40(60)61)16-13-21-48-41(46)47)53-39(59)33(23-28-14-11-10-12-15-28)51-35(55)25-49-36(56)27(3)50-37(57)34(54-42(62)65-44(4,5)6)24-29-17-19-30(20-18-29)64-43(63)66-45(7,8)9/h10-12,14-15,17-20,26-27,31-34H,13,16,21-25H2,1-9H3,(H,49,56)(H,50,57)(H,51,55)(H,52,58)(H,53,59)(H,54,62)(H,60,61)(H4,46,47,48)/t27-,31+,32+,33-,34+/m0/s1. The molecule has 0 heterocycles. The molecule has 0 radical (unpaired) electrons. The van der Waals surface area contributed by atoms with E-state index in [0.29, 0.717) is 11.1 Å². The van der Waals surface area contributed by atoms with Crippen LogP contribution in [0.1, 0.15) is 92.7 Å². The van der Waals surface area contributed by atoms with Crippen molar-refractivity contribution in [1.29, 1.82) is 0 Å². The van der Waals surface area contributed by atoms with E-state index in [1.54, 1.807) is 84.0 Å². The van der Waals surface area contributed by atoms with Gasteiger partial charge in [0.2, 0.25) is 29.5 Å². The molecule has 0 aliphatic rings. The summed E-state index contributed by atoms with van der Waals surface area (Å²) >= 11 is 0. The van der Waals surface area contributed by atoms with Crippen LogP contribution >= 0.6 is 0 Å². The second-order valence-corrected chi connectivity index (χ2v) is 17.9. The van der Waals surface area contributed by atoms with Crippen molar-refractivity contribution in [1.82, 2.24) is 31.9 Å². The Morgan fingerprint density at radius 3 is 1.73 bits per heavy atom. The summed E-state index contributed by atoms with van der Waals surface area (Å²) in [5.41, 5.74) is 10.2. The smallest absolute Gasteiger partial charge is 0.480 e. The Bertz CT molecular complexity index is 1990. The zero-order valence-corrected chi connectivity index (χ0v) is 39.1. The maximum atomic E-state index is 13.8. The van der Waals surface area contributed by atoms with Gasteiger partial charge in [0, 0.05) is 19.4 Å². The third-order valence-corrected chi connectivity index (χ3v) is 8.97. The molecule has 6 amide bonds. The molecule has 5 atom stereocenters. The van der Waals surface area contributed by atoms with E-state index in [2.05, 4.69) is 36.9 Å². The molecule has 2 aromatic rings. The highest BCUT2D eigenvalue weighted by Crippen LogP contribution is 2.17. The molecule has 0 saturated heterocycles. The molecule has 0 aliphatic carbocycles. The summed E-state index contributed by atoms with van der Waals surface area (Å²) in [7, 11) is 0. The Morgan fingerprint density at radius 1 is 0.652 bits per heavy atom. The summed E-state index contributed by atoms with van der Waals surface area (Å²) in [5.74, 6) is -5.19. The SMILES string of the molecule is CC(C)C[C@@H](NC(=O)[C@H](Cc1ccccc1)NC(=O)CNC(=O)[C@H](C)NC(=O)[C@@H](Cc1ccc(OC(=O)OC(C)(C)C)cc1)NC(=O)OC(C)(C)C)C(=O)N[C@H](CCCN=C(N)N)C(=O)O. The fraction of sp³-hybridized carbons (Fsp3) is 0.533. The number of nitrogens with two attached hydrogens (primary N) is 2. The number of nitrogens with one attached hydrogen (secondary N) is 6. The van der Waals surface area contributed by atoms with Crippen LogP contribution in [0, 0.1) is 5.92 Å². The highest BCUT2D eigenvalue weighted by atomic mass is 16.7. The van der Waals surface area contributed by atoms with Crippen molar-refractivity contribution in [2.75, 3.05) is 13.1 Å². The normalized spacial score (nSPS) is 13.5. The van der Waals surface area contributed by atoms with Gasteiger partial charge in [0.15, 0.2) is 5.96 Å². The van der Waals surface area contributed by atoms with Crippen molar-refractivity contribution in [2.45, 2.75) is 136 Å². The lowest BCUT2D eigenvalue weighted by atomic mass is 10.0. The molecule has 0 saturated carbocycles. The molecular formula is C45H67N9O12. The number of aliphatic imine (C=N–C) groups is 1. The molecule has 2 rings (SSSR count). The van der Waals surface area contributed by atoms with E-state index in [4.69, 9.17) is 25.7 Å². The fourth-order valence-electron chi connectivity index (χ4n) is 5.97. The van der Waals surface area contributed by atoms with Gasteiger partial charge in [-0.1, -0.05) is 56.3 Å². The van der Waals surface area contributed by atoms with Crippen molar-refractivity contribution >= 4 is 53.7 Å². The molecule has 11 N–H and O–H groups in total. The van der Waals surface area contributed by atoms with Crippen molar-refractivity contribution < 1.29 is 57.7 Å². The van der Waals surface area contributed by atoms with E-state index >= 15 is 0 Å². The van der Waals surface area contributed by atoms with Gasteiger partial charge in [-0.3, -0.25) is 29.0 Å². The van der Waals surface area contributed by atoms with Crippen LogP contribution in [0.3, 0.4) is 0 Å². The maximum absolute atomic E-state index is 13.8. The third kappa shape index (κ3) is 22.6. The first-order valence-electron chi connectivity index (χ1n) is 21.5. The molecule has 21 nitrogen and oxygen atoms in total. The minimum Gasteiger partial charge on any atom is -0.480 e. The van der Waals surface area contributed by atoms with Crippen molar-refractivity contribution in [3.63, 3.8) is 0 Å². The second-order valence-electron chi connectivity index (χ2n) is 17.9. The van der Waals surface area contributed by atoms with Crippen LogP contribution in [0.15, 0.2) is 59.6 Å². The van der Waals surface area contributed by atoms with E-state index in [1.165, 1.54) is 19.1 Å². The summed E-state index contributed by atoms with van der Waals surface area (Å²) in [6.07, 6.45) is -1.49. The molecular weight excluding hydrogens is 859 g/mol. The number of carboxylic acids is 1. The van der Waals surface area contributed by atoms with Gasteiger partial charge in [0.05, 0.1) is 6.54 Å². The largest absolute Gasteiger partial charge is 0.514 e. The minimum absolute atomic E-state index is 0.00887. The number of carboxylic acid groups (broad SMARTS) is 1. The first-order chi connectivity index (χ1) is 30.7. The van der Waals surface area contributed by atoms with Gasteiger partial charge in [-0.25, -0.2) is 14.4 Å². The lowest BCUT2D eigenvalue weighted by Gasteiger charge is -2.26. The molecule has 0 aromatic heterocycles. The number of amides is 6. The Labute approximate surface area is 385 Å². The number of rotatable bonds is 23. The van der Waals surface area contributed by atoms with E-state index < -0.39 is 95.7 Å². The second kappa shape index (κ2) is 26.1. The van der Waals surface area contributed by atoms with Crippen LogP contribution in [0.25, 0.3) is 0 Å². The molecule has 0 fully saturated rings. The number of ether oxygens (including phenoxy) is 3. The number of nitrogens with zero attached hydrogens (tertiary/aromatic N) is 1. The zero-order chi connectivity index (χ0) is 49.8. The lowest BCUT2D eigenvalue weighted by molar-refractivity contribution is -0.142. The molecule has 0 aliphatic heterocycles. The zero-order valence-electron chi connectivity index (χ0n) is 39.1. The Kier molecular flexibility index (Phi) is 21.9. The van der Waals surface area contributed by atoms with Gasteiger partial charge in [-0.2, -0.15) is 0 Å². The van der Waals surface area contributed by atoms with Gasteiger partial charge in [0.1, 0.15) is 47.2 Å². The lowest BCUT2D eigenvalue weighted by Crippen LogP contribution is -2.57. The Balaban J connectivity index is 2.17. The van der Waals surface area contributed by atoms with E-state index in [9.17, 15) is 43.5 Å². The number of carbonyl (C=O) groups is 8. The molecule has 2 aromatic carbocycles. The summed E-state index contributed by atoms with van der Waals surface area (Å²) in [5, 5.41) is 25.0. The number of benzene rings is 2. The van der Waals surface area contributed by atoms with E-state index in [1.807, 2.05) is 13.8 Å². The molecule has 0 spiro atoms. The minimum atomic E-state index is -1.30. The van der Waals surface area contributed by atoms with Crippen LogP contribution in [0.5, 0.6) is 5.75 Å². The molecule has 66 heavy (non-hydrogen) atoms. The summed E-state index contributed by atoms with van der Waals surface area (Å²) in [6.45, 7) is 14.5. The van der Waals surface area contributed by atoms with Gasteiger partial charge < -0.3 is 62.7 Å². The van der Waals surface area contributed by atoms with Crippen LogP contribution in [-0.2, 0) is 51.1 Å². The van der Waals surface area contributed by atoms with E-state index in [-0.39, 0.29) is 56.3 Å². The summed E-state index contributed by atoms with van der Waals surface area (Å²) < 4.78 is 15.7. The predicted molar refractivity (Wildman–Crippen MR) is 244 cm³/mol. The molecule has 0 unspecified atom stereocenters. The van der Waals surface area contributed by atoms with Crippen LogP contribution in [-0.4, -0.2) is 113 Å². The van der Waals surface area contributed by atoms with Crippen molar-refractivity contribution in [2.24, 2.45) is 22.4 Å². The van der Waals surface area contributed by atoms with Crippen LogP contribution in [0.4, 0.5) is 9.59 Å². The van der Waals surface area contributed by atoms with E-state index in [0.717, 1.165) is 0 Å². The highest BCUT2D eigenvalue weighted by molar-refractivity contribution is 5.95. The number of carbonyl (C=O) groups excluding carboxylic acids is 7. The van der Waals surface area contributed by atoms with Crippen LogP contribution < -0.4 is 48.1 Å². The fourth-order valence-corrected chi connectivity index (χ4v) is 5.97. The third-order valence-electron chi connectivity index (χ3n) is 8.97. The monoisotopic (exact) mass is 925 g/mol. The number of aliphatic carboxylic acids is 1.